The van der Waals surface area contributed by atoms with Crippen LogP contribution >= 0.6 is 12.6 Å². The van der Waals surface area contributed by atoms with Gasteiger partial charge in [-0.05, 0) is 11.6 Å². The van der Waals surface area contributed by atoms with Gasteiger partial charge in [-0.3, -0.25) is 4.98 Å². The highest BCUT2D eigenvalue weighted by atomic mass is 32.1. The predicted octanol–water partition coefficient (Wildman–Crippen LogP) is 1.03. The Morgan fingerprint density at radius 2 is 2.44 bits per heavy atom. The Kier molecular flexibility index (Phi) is 4.57. The molecule has 0 bridgehead atoms. The van der Waals surface area contributed by atoms with E-state index >= 15 is 0 Å². The highest BCUT2D eigenvalue weighted by Crippen LogP contribution is 2.22. The number of carbonyl (C=O) groups is 1. The maximum atomic E-state index is 10.5. The second kappa shape index (κ2) is 5.72. The molecule has 1 amide bonds. The molecule has 0 saturated heterocycles. The number of amides is 1. The Balaban J connectivity index is 2.86. The monoisotopic (exact) mass is 242 g/mol. The normalized spacial score (nSPS) is 14.2. The van der Waals surface area contributed by atoms with E-state index in [4.69, 9.17) is 5.73 Å². The number of aliphatic hydroxyl groups is 1. The van der Waals surface area contributed by atoms with Crippen LogP contribution in [0.3, 0.4) is 0 Å². The molecule has 6 heteroatoms. The number of hydrogen-bond donors (Lipinski definition) is 3. The Bertz CT molecular complexity index is 373. The molecule has 2 atom stereocenters. The van der Waals surface area contributed by atoms with Gasteiger partial charge in [0.1, 0.15) is 0 Å². The van der Waals surface area contributed by atoms with Crippen LogP contribution in [0, 0.1) is 0 Å². The van der Waals surface area contributed by atoms with Crippen molar-refractivity contribution < 1.29 is 14.6 Å². The predicted molar refractivity (Wildman–Crippen MR) is 62.0 cm³/mol. The number of rotatable bonds is 4. The van der Waals surface area contributed by atoms with Crippen LogP contribution in [0.15, 0.2) is 18.3 Å². The van der Waals surface area contributed by atoms with Crippen LogP contribution in [0.1, 0.15) is 24.1 Å². The molecule has 0 fully saturated rings. The van der Waals surface area contributed by atoms with Gasteiger partial charge in [0.25, 0.3) is 0 Å². The molecular formula is C10H14N2O3S. The fourth-order valence-electron chi connectivity index (χ4n) is 1.35. The van der Waals surface area contributed by atoms with Gasteiger partial charge < -0.3 is 15.6 Å². The lowest BCUT2D eigenvalue weighted by Gasteiger charge is -2.19. The fourth-order valence-corrected chi connectivity index (χ4v) is 1.62. The first-order valence-corrected chi connectivity index (χ1v) is 5.38. The van der Waals surface area contributed by atoms with Crippen LogP contribution < -0.4 is 5.73 Å². The van der Waals surface area contributed by atoms with Crippen molar-refractivity contribution in [2.75, 3.05) is 0 Å². The lowest BCUT2D eigenvalue weighted by molar-refractivity contribution is -0.0637. The van der Waals surface area contributed by atoms with Gasteiger partial charge in [0.2, 0.25) is 6.29 Å². The third kappa shape index (κ3) is 3.11. The summed E-state index contributed by atoms with van der Waals surface area (Å²) in [7, 11) is 0. The van der Waals surface area contributed by atoms with Gasteiger partial charge in [-0.15, -0.1) is 0 Å². The van der Waals surface area contributed by atoms with Crippen LogP contribution in [0.4, 0.5) is 4.79 Å². The maximum Gasteiger partial charge on any atom is 0.406 e. The van der Waals surface area contributed by atoms with E-state index in [1.807, 2.05) is 6.07 Å². The Morgan fingerprint density at radius 3 is 3.00 bits per heavy atom. The van der Waals surface area contributed by atoms with Crippen molar-refractivity contribution in [3.63, 3.8) is 0 Å². The highest BCUT2D eigenvalue weighted by Gasteiger charge is 2.22. The number of nitrogens with two attached hydrogens (primary N) is 1. The average molecular weight is 242 g/mol. The summed E-state index contributed by atoms with van der Waals surface area (Å²) in [6, 6.07) is 3.63. The average Bonchev–Trinajstić information content (AvgIpc) is 2.27. The topological polar surface area (TPSA) is 85.4 Å². The van der Waals surface area contributed by atoms with Crippen LogP contribution in [-0.4, -0.2) is 22.5 Å². The maximum absolute atomic E-state index is 10.5. The zero-order chi connectivity index (χ0) is 12.1. The van der Waals surface area contributed by atoms with E-state index in [2.05, 4.69) is 22.3 Å². The molecular weight excluding hydrogens is 228 g/mol. The van der Waals surface area contributed by atoms with E-state index in [0.717, 1.165) is 5.56 Å². The molecule has 0 aliphatic rings. The zero-order valence-corrected chi connectivity index (χ0v) is 9.72. The summed E-state index contributed by atoms with van der Waals surface area (Å²) in [6.45, 7) is 1.70. The minimum Gasteiger partial charge on any atom is -0.419 e. The summed E-state index contributed by atoms with van der Waals surface area (Å²) in [4.78, 5) is 14.6. The third-order valence-electron chi connectivity index (χ3n) is 2.19. The minimum absolute atomic E-state index is 0.448. The number of carbonyl (C=O) groups excluding carboxylic acids is 1. The molecule has 16 heavy (non-hydrogen) atoms. The van der Waals surface area contributed by atoms with E-state index in [9.17, 15) is 9.90 Å². The summed E-state index contributed by atoms with van der Waals surface area (Å²) >= 11 is 4.16. The number of nitrogens with zero attached hydrogens (tertiary/aromatic N) is 1. The molecule has 1 rings (SSSR count). The quantitative estimate of drug-likeness (QED) is 0.543. The fraction of sp³-hybridized carbons (Fsp3) is 0.400. The van der Waals surface area contributed by atoms with Crippen LogP contribution in [0.2, 0.25) is 0 Å². The molecule has 1 aromatic rings. The number of hydrogen-bond acceptors (Lipinski definition) is 5. The number of ether oxygens (including phenoxy) is 1. The molecule has 0 spiro atoms. The van der Waals surface area contributed by atoms with Gasteiger partial charge in [0.05, 0.1) is 11.6 Å². The standard InChI is InChI=1S/C10H14N2O3S/c1-6(9(13)15-10(11)14)8-7(5-16)3-2-4-12-8/h2-4,6,9,13,16H,5H2,1H3,(H2,11,14). The summed E-state index contributed by atoms with van der Waals surface area (Å²) in [5.74, 6) is 0.0485. The van der Waals surface area contributed by atoms with Gasteiger partial charge >= 0.3 is 6.09 Å². The molecule has 0 aliphatic heterocycles. The van der Waals surface area contributed by atoms with Crippen molar-refractivity contribution in [3.8, 4) is 0 Å². The number of aliphatic hydroxyl groups excluding tert-OH is 1. The Labute approximate surface area is 99.0 Å². The van der Waals surface area contributed by atoms with E-state index in [1.165, 1.54) is 0 Å². The second-order valence-electron chi connectivity index (χ2n) is 3.32. The van der Waals surface area contributed by atoms with Crippen molar-refractivity contribution in [2.45, 2.75) is 24.9 Å². The van der Waals surface area contributed by atoms with Crippen molar-refractivity contribution >= 4 is 18.7 Å². The zero-order valence-electron chi connectivity index (χ0n) is 8.83. The Morgan fingerprint density at radius 1 is 1.75 bits per heavy atom. The van der Waals surface area contributed by atoms with Crippen LogP contribution in [-0.2, 0) is 10.5 Å². The van der Waals surface area contributed by atoms with Crippen LogP contribution in [0.5, 0.6) is 0 Å². The smallest absolute Gasteiger partial charge is 0.406 e. The molecule has 3 N–H and O–H groups in total. The van der Waals surface area contributed by atoms with Gasteiger partial charge in [-0.1, -0.05) is 13.0 Å². The van der Waals surface area contributed by atoms with Crippen molar-refractivity contribution in [2.24, 2.45) is 5.73 Å². The first-order valence-electron chi connectivity index (χ1n) is 4.75. The summed E-state index contributed by atoms with van der Waals surface area (Å²) in [6.07, 6.45) is -0.704. The number of pyridine rings is 1. The summed E-state index contributed by atoms with van der Waals surface area (Å²) < 4.78 is 4.50. The first kappa shape index (κ1) is 12.8. The molecule has 0 saturated carbocycles. The van der Waals surface area contributed by atoms with E-state index in [1.54, 1.807) is 19.2 Å². The summed E-state index contributed by atoms with van der Waals surface area (Å²) in [5, 5.41) is 9.57. The molecule has 0 aromatic carbocycles. The van der Waals surface area contributed by atoms with Gasteiger partial charge in [-0.25, -0.2) is 4.79 Å². The molecule has 0 aliphatic carbocycles. The number of thiol groups is 1. The highest BCUT2D eigenvalue weighted by molar-refractivity contribution is 7.79. The lowest BCUT2D eigenvalue weighted by Crippen LogP contribution is -2.27. The SMILES string of the molecule is CC(c1ncccc1CS)C(O)OC(N)=O. The minimum atomic E-state index is -1.30. The van der Waals surface area contributed by atoms with Gasteiger partial charge in [0.15, 0.2) is 0 Å². The number of primary amides is 1. The largest absolute Gasteiger partial charge is 0.419 e. The number of aromatic nitrogens is 1. The second-order valence-corrected chi connectivity index (χ2v) is 3.64. The third-order valence-corrected chi connectivity index (χ3v) is 2.53. The van der Waals surface area contributed by atoms with Gasteiger partial charge in [-0.2, -0.15) is 12.6 Å². The van der Waals surface area contributed by atoms with E-state index in [0.29, 0.717) is 11.4 Å². The van der Waals surface area contributed by atoms with Gasteiger partial charge in [0, 0.05) is 11.9 Å². The van der Waals surface area contributed by atoms with Crippen molar-refractivity contribution in [1.29, 1.82) is 0 Å². The Hall–Kier alpha value is -1.27. The molecule has 1 aromatic heterocycles. The van der Waals surface area contributed by atoms with E-state index in [-0.39, 0.29) is 0 Å². The lowest BCUT2D eigenvalue weighted by atomic mass is 10.0. The molecule has 1 heterocycles. The molecule has 2 unspecified atom stereocenters. The van der Waals surface area contributed by atoms with Crippen molar-refractivity contribution in [1.82, 2.24) is 4.98 Å². The van der Waals surface area contributed by atoms with Crippen molar-refractivity contribution in [3.05, 3.63) is 29.6 Å². The first-order chi connectivity index (χ1) is 7.56. The molecule has 5 nitrogen and oxygen atoms in total. The molecule has 0 radical (unpaired) electrons. The van der Waals surface area contributed by atoms with Crippen LogP contribution in [0.25, 0.3) is 0 Å². The molecule has 88 valence electrons. The summed E-state index contributed by atoms with van der Waals surface area (Å²) in [5.41, 5.74) is 6.35. The van der Waals surface area contributed by atoms with E-state index < -0.39 is 18.3 Å².